The lowest BCUT2D eigenvalue weighted by atomic mass is 10.2. The summed E-state index contributed by atoms with van der Waals surface area (Å²) in [6, 6.07) is 1.75. The second kappa shape index (κ2) is 5.53. The van der Waals surface area contributed by atoms with Crippen molar-refractivity contribution in [2.75, 3.05) is 5.32 Å². The Labute approximate surface area is 120 Å². The number of aryl methyl sites for hydroxylation is 1. The van der Waals surface area contributed by atoms with Crippen LogP contribution in [0.25, 0.3) is 0 Å². The van der Waals surface area contributed by atoms with E-state index < -0.39 is 0 Å². The molecule has 0 fully saturated rings. The minimum atomic E-state index is -0.275. The van der Waals surface area contributed by atoms with Crippen LogP contribution >= 0.6 is 31.9 Å². The van der Waals surface area contributed by atoms with Crippen LogP contribution in [0.4, 0.5) is 5.82 Å². The first-order chi connectivity index (χ1) is 8.56. The van der Waals surface area contributed by atoms with E-state index in [1.807, 2.05) is 6.92 Å². The average molecular weight is 372 g/mol. The van der Waals surface area contributed by atoms with E-state index in [-0.39, 0.29) is 5.91 Å². The summed E-state index contributed by atoms with van der Waals surface area (Å²) in [7, 11) is 0. The predicted molar refractivity (Wildman–Crippen MR) is 74.4 cm³/mol. The van der Waals surface area contributed by atoms with Gasteiger partial charge in [-0.25, -0.2) is 9.97 Å². The zero-order valence-electron chi connectivity index (χ0n) is 9.32. The third-order valence-corrected chi connectivity index (χ3v) is 3.00. The van der Waals surface area contributed by atoms with Gasteiger partial charge in [0.1, 0.15) is 9.21 Å². The van der Waals surface area contributed by atoms with Gasteiger partial charge in [-0.2, -0.15) is 0 Å². The number of nitrogens with one attached hydrogen (secondary N) is 1. The number of anilines is 1. The van der Waals surface area contributed by atoms with E-state index in [0.717, 1.165) is 5.56 Å². The van der Waals surface area contributed by atoms with Gasteiger partial charge in [0, 0.05) is 12.4 Å². The number of rotatable bonds is 2. The predicted octanol–water partition coefficient (Wildman–Crippen LogP) is 2.96. The van der Waals surface area contributed by atoms with Crippen LogP contribution in [0.15, 0.2) is 33.9 Å². The molecule has 0 bridgehead atoms. The maximum absolute atomic E-state index is 12.0. The van der Waals surface area contributed by atoms with Crippen LogP contribution < -0.4 is 5.32 Å². The quantitative estimate of drug-likeness (QED) is 0.881. The van der Waals surface area contributed by atoms with Gasteiger partial charge in [0.05, 0.1) is 11.8 Å². The van der Waals surface area contributed by atoms with Gasteiger partial charge in [-0.05, 0) is 50.4 Å². The number of hydrogen-bond donors (Lipinski definition) is 1. The largest absolute Gasteiger partial charge is 0.304 e. The molecule has 0 aliphatic rings. The molecule has 0 atom stereocenters. The average Bonchev–Trinajstić information content (AvgIpc) is 2.32. The normalized spacial score (nSPS) is 10.2. The van der Waals surface area contributed by atoms with Crippen molar-refractivity contribution in [3.05, 3.63) is 45.0 Å². The number of carbonyl (C=O) groups is 1. The minimum Gasteiger partial charge on any atom is -0.304 e. The number of amides is 1. The molecule has 1 N–H and O–H groups in total. The Bertz CT molecular complexity index is 603. The van der Waals surface area contributed by atoms with Gasteiger partial charge in [0.2, 0.25) is 0 Å². The fourth-order valence-corrected chi connectivity index (χ4v) is 2.20. The summed E-state index contributed by atoms with van der Waals surface area (Å²) in [5, 5.41) is 2.66. The number of pyridine rings is 1. The number of carbonyl (C=O) groups excluding carboxylic acids is 1. The zero-order valence-corrected chi connectivity index (χ0v) is 12.5. The topological polar surface area (TPSA) is 67.8 Å². The fourth-order valence-electron chi connectivity index (χ4n) is 1.29. The SMILES string of the molecule is Cc1cncc(C(=O)Nc2ncc(Br)nc2Br)c1. The second-order valence-corrected chi connectivity index (χ2v) is 5.10. The lowest BCUT2D eigenvalue weighted by molar-refractivity contribution is 0.102. The van der Waals surface area contributed by atoms with Crippen molar-refractivity contribution in [3.63, 3.8) is 0 Å². The highest BCUT2D eigenvalue weighted by molar-refractivity contribution is 9.11. The Morgan fingerprint density at radius 1 is 1.28 bits per heavy atom. The number of nitrogens with zero attached hydrogens (tertiary/aromatic N) is 3. The first-order valence-corrected chi connectivity index (χ1v) is 6.56. The zero-order chi connectivity index (χ0) is 13.1. The third kappa shape index (κ3) is 3.11. The van der Waals surface area contributed by atoms with E-state index in [1.165, 1.54) is 12.4 Å². The molecule has 0 radical (unpaired) electrons. The van der Waals surface area contributed by atoms with Crippen LogP contribution in [0.5, 0.6) is 0 Å². The second-order valence-electron chi connectivity index (χ2n) is 3.54. The van der Waals surface area contributed by atoms with Gasteiger partial charge in [-0.3, -0.25) is 9.78 Å². The lowest BCUT2D eigenvalue weighted by Crippen LogP contribution is -2.14. The van der Waals surface area contributed by atoms with Gasteiger partial charge in [0.15, 0.2) is 5.82 Å². The van der Waals surface area contributed by atoms with Crippen molar-refractivity contribution >= 4 is 43.6 Å². The molecule has 2 heterocycles. The monoisotopic (exact) mass is 370 g/mol. The highest BCUT2D eigenvalue weighted by atomic mass is 79.9. The molecule has 2 rings (SSSR count). The highest BCUT2D eigenvalue weighted by Crippen LogP contribution is 2.19. The van der Waals surface area contributed by atoms with Crippen molar-refractivity contribution in [2.45, 2.75) is 6.92 Å². The molecule has 2 aromatic heterocycles. The van der Waals surface area contributed by atoms with Crippen LogP contribution in [0.1, 0.15) is 15.9 Å². The molecule has 18 heavy (non-hydrogen) atoms. The van der Waals surface area contributed by atoms with Crippen LogP contribution in [-0.2, 0) is 0 Å². The van der Waals surface area contributed by atoms with Crippen molar-refractivity contribution < 1.29 is 4.79 Å². The van der Waals surface area contributed by atoms with Crippen LogP contribution in [0.2, 0.25) is 0 Å². The molecule has 92 valence electrons. The molecule has 0 saturated carbocycles. The lowest BCUT2D eigenvalue weighted by Gasteiger charge is -2.06. The molecule has 7 heteroatoms. The molecule has 0 aliphatic carbocycles. The minimum absolute atomic E-state index is 0.275. The summed E-state index contributed by atoms with van der Waals surface area (Å²) in [6.45, 7) is 1.87. The fraction of sp³-hybridized carbons (Fsp3) is 0.0909. The third-order valence-electron chi connectivity index (χ3n) is 2.07. The smallest absolute Gasteiger partial charge is 0.258 e. The Kier molecular flexibility index (Phi) is 4.03. The van der Waals surface area contributed by atoms with Crippen molar-refractivity contribution in [3.8, 4) is 0 Å². The van der Waals surface area contributed by atoms with E-state index in [0.29, 0.717) is 20.6 Å². The Hall–Kier alpha value is -1.34. The van der Waals surface area contributed by atoms with Gasteiger partial charge in [-0.1, -0.05) is 0 Å². The first-order valence-electron chi connectivity index (χ1n) is 4.97. The molecule has 2 aromatic rings. The highest BCUT2D eigenvalue weighted by Gasteiger charge is 2.10. The Balaban J connectivity index is 2.21. The van der Waals surface area contributed by atoms with Gasteiger partial charge in [0.25, 0.3) is 5.91 Å². The first kappa shape index (κ1) is 13.1. The summed E-state index contributed by atoms with van der Waals surface area (Å²) in [5.74, 6) is 0.0910. The summed E-state index contributed by atoms with van der Waals surface area (Å²) in [6.07, 6.45) is 4.70. The van der Waals surface area contributed by atoms with Crippen molar-refractivity contribution in [2.24, 2.45) is 0 Å². The van der Waals surface area contributed by atoms with Gasteiger partial charge < -0.3 is 5.32 Å². The van der Waals surface area contributed by atoms with Crippen LogP contribution in [0, 0.1) is 6.92 Å². The molecular weight excluding hydrogens is 364 g/mol. The Morgan fingerprint density at radius 2 is 2.06 bits per heavy atom. The summed E-state index contributed by atoms with van der Waals surface area (Å²) in [4.78, 5) is 24.1. The van der Waals surface area contributed by atoms with E-state index >= 15 is 0 Å². The molecule has 0 aromatic carbocycles. The van der Waals surface area contributed by atoms with Crippen molar-refractivity contribution in [1.82, 2.24) is 15.0 Å². The summed E-state index contributed by atoms with van der Waals surface area (Å²) >= 11 is 6.42. The molecule has 5 nitrogen and oxygen atoms in total. The number of halogens is 2. The molecule has 0 saturated heterocycles. The van der Waals surface area contributed by atoms with Gasteiger partial charge >= 0.3 is 0 Å². The van der Waals surface area contributed by atoms with E-state index in [2.05, 4.69) is 52.1 Å². The summed E-state index contributed by atoms with van der Waals surface area (Å²) < 4.78 is 1.05. The van der Waals surface area contributed by atoms with E-state index in [1.54, 1.807) is 12.3 Å². The molecule has 0 unspecified atom stereocenters. The Morgan fingerprint density at radius 3 is 2.72 bits per heavy atom. The maximum atomic E-state index is 12.0. The van der Waals surface area contributed by atoms with Gasteiger partial charge in [-0.15, -0.1) is 0 Å². The molecule has 0 spiro atoms. The van der Waals surface area contributed by atoms with Crippen LogP contribution in [-0.4, -0.2) is 20.9 Å². The molecule has 0 aliphatic heterocycles. The van der Waals surface area contributed by atoms with E-state index in [9.17, 15) is 4.79 Å². The molecular formula is C11H8Br2N4O. The number of aromatic nitrogens is 3. The summed E-state index contributed by atoms with van der Waals surface area (Å²) in [5.41, 5.74) is 1.40. The van der Waals surface area contributed by atoms with Crippen LogP contribution in [0.3, 0.4) is 0 Å². The number of hydrogen-bond acceptors (Lipinski definition) is 4. The maximum Gasteiger partial charge on any atom is 0.258 e. The standard InChI is InChI=1S/C11H8Br2N4O/c1-6-2-7(4-14-3-6)11(18)17-10-9(13)16-8(12)5-15-10/h2-5H,1H3,(H,15,17,18). The molecule has 1 amide bonds. The van der Waals surface area contributed by atoms with Crippen molar-refractivity contribution in [1.29, 1.82) is 0 Å². The van der Waals surface area contributed by atoms with E-state index in [4.69, 9.17) is 0 Å².